The van der Waals surface area contributed by atoms with Crippen LogP contribution in [0.15, 0.2) is 30.3 Å². The Hall–Kier alpha value is -2.03. The fourth-order valence-corrected chi connectivity index (χ4v) is 3.05. The Bertz CT molecular complexity index is 648. The van der Waals surface area contributed by atoms with E-state index in [1.807, 2.05) is 6.07 Å². The van der Waals surface area contributed by atoms with Crippen LogP contribution in [-0.4, -0.2) is 20.1 Å². The molecule has 1 aliphatic rings. The third-order valence-electron chi connectivity index (χ3n) is 3.95. The van der Waals surface area contributed by atoms with E-state index in [0.717, 1.165) is 24.2 Å². The quantitative estimate of drug-likeness (QED) is 0.894. The fraction of sp³-hybridized carbons (Fsp3) is 0.312. The first-order valence-electron chi connectivity index (χ1n) is 6.53. The van der Waals surface area contributed by atoms with Gasteiger partial charge in [0.25, 0.3) is 0 Å². The summed E-state index contributed by atoms with van der Waals surface area (Å²) in [6.07, 6.45) is 1.55. The van der Waals surface area contributed by atoms with Crippen molar-refractivity contribution < 1.29 is 9.53 Å². The molecule has 1 amide bonds. The van der Waals surface area contributed by atoms with E-state index in [9.17, 15) is 4.79 Å². The first-order valence-corrected chi connectivity index (χ1v) is 6.53. The molecule has 1 aliphatic carbocycles. The number of hydrogen-bond acceptors (Lipinski definition) is 2. The van der Waals surface area contributed by atoms with Crippen molar-refractivity contribution in [3.8, 4) is 5.75 Å². The van der Waals surface area contributed by atoms with Gasteiger partial charge in [0.1, 0.15) is 5.75 Å². The lowest BCUT2D eigenvalue weighted by Crippen LogP contribution is -2.32. The van der Waals surface area contributed by atoms with Gasteiger partial charge >= 0.3 is 0 Å². The molecule has 0 saturated heterocycles. The van der Waals surface area contributed by atoms with Crippen molar-refractivity contribution in [2.24, 2.45) is 5.92 Å². The number of ether oxygens (including phenoxy) is 1. The molecule has 3 rings (SSSR count). The monoisotopic (exact) mass is 255 g/mol. The minimum absolute atomic E-state index is 0.000556. The van der Waals surface area contributed by atoms with Crippen LogP contribution in [0.4, 0.5) is 0 Å². The SMILES string of the molecule is CNC(=O)C1Cc2cccc3ccc(OC)c(c23)C1. The van der Waals surface area contributed by atoms with Crippen LogP contribution in [0.5, 0.6) is 5.75 Å². The molecule has 0 aromatic heterocycles. The third-order valence-corrected chi connectivity index (χ3v) is 3.95. The predicted molar refractivity (Wildman–Crippen MR) is 75.5 cm³/mol. The first kappa shape index (κ1) is 12.0. The van der Waals surface area contributed by atoms with Crippen LogP contribution in [0.3, 0.4) is 0 Å². The summed E-state index contributed by atoms with van der Waals surface area (Å²) in [5.74, 6) is 0.988. The molecule has 3 nitrogen and oxygen atoms in total. The highest BCUT2D eigenvalue weighted by molar-refractivity contribution is 5.93. The van der Waals surface area contributed by atoms with Gasteiger partial charge in [-0.2, -0.15) is 0 Å². The Labute approximate surface area is 112 Å². The second-order valence-corrected chi connectivity index (χ2v) is 4.98. The van der Waals surface area contributed by atoms with Crippen molar-refractivity contribution in [1.29, 1.82) is 0 Å². The Morgan fingerprint density at radius 1 is 1.26 bits per heavy atom. The predicted octanol–water partition coefficient (Wildman–Crippen LogP) is 2.31. The van der Waals surface area contributed by atoms with Crippen molar-refractivity contribution in [1.82, 2.24) is 5.32 Å². The van der Waals surface area contributed by atoms with E-state index in [1.54, 1.807) is 14.2 Å². The van der Waals surface area contributed by atoms with E-state index in [1.165, 1.54) is 16.3 Å². The largest absolute Gasteiger partial charge is 0.496 e. The molecule has 0 aliphatic heterocycles. The summed E-state index contributed by atoms with van der Waals surface area (Å²) in [7, 11) is 3.38. The van der Waals surface area contributed by atoms with Crippen molar-refractivity contribution in [3.05, 3.63) is 41.5 Å². The average Bonchev–Trinajstić information content (AvgIpc) is 2.47. The molecule has 0 radical (unpaired) electrons. The number of nitrogens with one attached hydrogen (secondary N) is 1. The smallest absolute Gasteiger partial charge is 0.223 e. The van der Waals surface area contributed by atoms with Gasteiger partial charge < -0.3 is 10.1 Å². The minimum Gasteiger partial charge on any atom is -0.496 e. The van der Waals surface area contributed by atoms with E-state index in [0.29, 0.717) is 0 Å². The van der Waals surface area contributed by atoms with Gasteiger partial charge in [-0.1, -0.05) is 24.3 Å². The van der Waals surface area contributed by atoms with Crippen LogP contribution in [0.1, 0.15) is 11.1 Å². The molecule has 3 heteroatoms. The third kappa shape index (κ3) is 1.86. The molecular weight excluding hydrogens is 238 g/mol. The molecule has 0 fully saturated rings. The van der Waals surface area contributed by atoms with Crippen LogP contribution in [-0.2, 0) is 17.6 Å². The molecule has 0 spiro atoms. The molecular formula is C16H17NO2. The van der Waals surface area contributed by atoms with Crippen molar-refractivity contribution in [2.75, 3.05) is 14.2 Å². The Morgan fingerprint density at radius 3 is 2.84 bits per heavy atom. The highest BCUT2D eigenvalue weighted by atomic mass is 16.5. The van der Waals surface area contributed by atoms with Gasteiger partial charge in [0.2, 0.25) is 5.91 Å². The van der Waals surface area contributed by atoms with E-state index in [-0.39, 0.29) is 11.8 Å². The lowest BCUT2D eigenvalue weighted by molar-refractivity contribution is -0.124. The standard InChI is InChI=1S/C16H17NO2/c1-17-16(18)12-8-11-5-3-4-10-6-7-14(19-2)13(9-12)15(10)11/h3-7,12H,8-9H2,1-2H3,(H,17,18). The van der Waals surface area contributed by atoms with Gasteiger partial charge in [-0.25, -0.2) is 0 Å². The summed E-state index contributed by atoms with van der Waals surface area (Å²) >= 11 is 0. The molecule has 1 N–H and O–H groups in total. The summed E-state index contributed by atoms with van der Waals surface area (Å²) < 4.78 is 5.46. The van der Waals surface area contributed by atoms with E-state index in [4.69, 9.17) is 4.74 Å². The van der Waals surface area contributed by atoms with Crippen LogP contribution in [0, 0.1) is 5.92 Å². The lowest BCUT2D eigenvalue weighted by Gasteiger charge is -2.25. The lowest BCUT2D eigenvalue weighted by atomic mass is 9.81. The van der Waals surface area contributed by atoms with Crippen LogP contribution in [0.25, 0.3) is 10.8 Å². The first-order chi connectivity index (χ1) is 9.24. The molecule has 19 heavy (non-hydrogen) atoms. The Balaban J connectivity index is 2.19. The molecule has 2 aromatic rings. The van der Waals surface area contributed by atoms with Crippen LogP contribution >= 0.6 is 0 Å². The maximum absolute atomic E-state index is 11.9. The van der Waals surface area contributed by atoms with Gasteiger partial charge in [-0.05, 0) is 35.2 Å². The second kappa shape index (κ2) is 4.57. The zero-order valence-electron chi connectivity index (χ0n) is 11.2. The van der Waals surface area contributed by atoms with Gasteiger partial charge in [-0.3, -0.25) is 4.79 Å². The maximum atomic E-state index is 11.9. The van der Waals surface area contributed by atoms with E-state index in [2.05, 4.69) is 29.6 Å². The van der Waals surface area contributed by atoms with E-state index < -0.39 is 0 Å². The minimum atomic E-state index is -0.000556. The molecule has 0 heterocycles. The van der Waals surface area contributed by atoms with Crippen LogP contribution in [0.2, 0.25) is 0 Å². The molecule has 0 saturated carbocycles. The number of hydrogen-bond donors (Lipinski definition) is 1. The topological polar surface area (TPSA) is 38.3 Å². The van der Waals surface area contributed by atoms with Gasteiger partial charge in [0, 0.05) is 18.5 Å². The van der Waals surface area contributed by atoms with Gasteiger partial charge in [-0.15, -0.1) is 0 Å². The number of methoxy groups -OCH3 is 1. The summed E-state index contributed by atoms with van der Waals surface area (Å²) in [6.45, 7) is 0. The van der Waals surface area contributed by atoms with Crippen molar-refractivity contribution >= 4 is 16.7 Å². The molecule has 1 unspecified atom stereocenters. The number of amides is 1. The zero-order chi connectivity index (χ0) is 13.4. The average molecular weight is 255 g/mol. The van der Waals surface area contributed by atoms with Crippen LogP contribution < -0.4 is 10.1 Å². The zero-order valence-corrected chi connectivity index (χ0v) is 11.2. The normalized spacial score (nSPS) is 17.3. The van der Waals surface area contributed by atoms with Gasteiger partial charge in [0.15, 0.2) is 0 Å². The summed E-state index contributed by atoms with van der Waals surface area (Å²) in [5.41, 5.74) is 2.40. The molecule has 1 atom stereocenters. The Kier molecular flexibility index (Phi) is 2.90. The molecule has 0 bridgehead atoms. The fourth-order valence-electron chi connectivity index (χ4n) is 3.05. The van der Waals surface area contributed by atoms with E-state index >= 15 is 0 Å². The van der Waals surface area contributed by atoms with Crippen molar-refractivity contribution in [2.45, 2.75) is 12.8 Å². The second-order valence-electron chi connectivity index (χ2n) is 4.98. The number of carbonyl (C=O) groups excluding carboxylic acids is 1. The number of rotatable bonds is 2. The highest BCUT2D eigenvalue weighted by Crippen LogP contribution is 2.37. The Morgan fingerprint density at radius 2 is 2.11 bits per heavy atom. The molecule has 98 valence electrons. The van der Waals surface area contributed by atoms with Crippen molar-refractivity contribution in [3.63, 3.8) is 0 Å². The summed E-state index contributed by atoms with van der Waals surface area (Å²) in [4.78, 5) is 11.9. The number of carbonyl (C=O) groups is 1. The van der Waals surface area contributed by atoms with Gasteiger partial charge in [0.05, 0.1) is 7.11 Å². The summed E-state index contributed by atoms with van der Waals surface area (Å²) in [5, 5.41) is 5.25. The number of benzene rings is 2. The maximum Gasteiger partial charge on any atom is 0.223 e. The summed E-state index contributed by atoms with van der Waals surface area (Å²) in [6, 6.07) is 10.4. The highest BCUT2D eigenvalue weighted by Gasteiger charge is 2.27. The molecule has 2 aromatic carbocycles.